The summed E-state index contributed by atoms with van der Waals surface area (Å²) in [5.74, 6) is 0.861. The number of ether oxygens (including phenoxy) is 2. The lowest BCUT2D eigenvalue weighted by atomic mass is 9.50. The zero-order valence-corrected chi connectivity index (χ0v) is 17.2. The van der Waals surface area contributed by atoms with Crippen LogP contribution in [-0.4, -0.2) is 28.8 Å². The Morgan fingerprint density at radius 2 is 1.86 bits per heavy atom. The Bertz CT molecular complexity index is 813. The third-order valence-electron chi connectivity index (χ3n) is 7.44. The summed E-state index contributed by atoms with van der Waals surface area (Å²) in [4.78, 5) is 22.9. The second-order valence-corrected chi connectivity index (χ2v) is 9.46. The molecule has 28 heavy (non-hydrogen) atoms. The molecule has 0 heterocycles. The molecule has 0 amide bonds. The van der Waals surface area contributed by atoms with Crippen molar-refractivity contribution in [2.24, 2.45) is 17.3 Å². The molecule has 1 aromatic carbocycles. The smallest absolute Gasteiger partial charge is 0.308 e. The van der Waals surface area contributed by atoms with Crippen molar-refractivity contribution >= 4 is 11.9 Å². The van der Waals surface area contributed by atoms with Gasteiger partial charge in [-0.15, -0.1) is 0 Å². The van der Waals surface area contributed by atoms with Gasteiger partial charge in [0.25, 0.3) is 0 Å². The van der Waals surface area contributed by atoms with Gasteiger partial charge in [0.2, 0.25) is 0 Å². The quantitative estimate of drug-likeness (QED) is 0.619. The number of esters is 2. The predicted molar refractivity (Wildman–Crippen MR) is 104 cm³/mol. The summed E-state index contributed by atoms with van der Waals surface area (Å²) >= 11 is 0. The third kappa shape index (κ3) is 3.04. The van der Waals surface area contributed by atoms with Crippen LogP contribution in [0.2, 0.25) is 0 Å². The summed E-state index contributed by atoms with van der Waals surface area (Å²) in [6.45, 7) is 7.01. The first kappa shape index (κ1) is 19.4. The molecule has 3 aliphatic carbocycles. The minimum atomic E-state index is -0.878. The normalized spacial score (nSPS) is 38.8. The lowest BCUT2D eigenvalue weighted by Gasteiger charge is -2.56. The van der Waals surface area contributed by atoms with Crippen LogP contribution in [0.15, 0.2) is 18.2 Å². The molecule has 1 N–H and O–H groups in total. The molecule has 2 saturated carbocycles. The van der Waals surface area contributed by atoms with Crippen molar-refractivity contribution in [2.75, 3.05) is 0 Å². The summed E-state index contributed by atoms with van der Waals surface area (Å²) in [5.41, 5.74) is 1.27. The first-order valence-corrected chi connectivity index (χ1v) is 10.3. The van der Waals surface area contributed by atoms with Gasteiger partial charge in [0, 0.05) is 25.2 Å². The number of aryl methyl sites for hydroxylation is 1. The van der Waals surface area contributed by atoms with E-state index in [9.17, 15) is 14.7 Å². The Morgan fingerprint density at radius 3 is 2.54 bits per heavy atom. The summed E-state index contributed by atoms with van der Waals surface area (Å²) in [6.07, 6.45) is 4.31. The third-order valence-corrected chi connectivity index (χ3v) is 7.44. The molecule has 0 saturated heterocycles. The number of hydrogen-bond donors (Lipinski definition) is 1. The highest BCUT2D eigenvalue weighted by Gasteiger charge is 2.62. The van der Waals surface area contributed by atoms with Crippen molar-refractivity contribution in [3.05, 3.63) is 29.3 Å². The Balaban J connectivity index is 1.69. The SMILES string of the molecule is CC(=O)Oc1ccc2c(c1)CC[C@H]1[C@@H]3CC[C@@H](OC(C)=O)[C@]3(C)C[C@](C)(O)[C@@H]21. The van der Waals surface area contributed by atoms with Crippen molar-refractivity contribution in [2.45, 2.75) is 77.4 Å². The molecular formula is C23H30O5. The molecule has 0 bridgehead atoms. The number of aliphatic hydroxyl groups is 1. The Kier molecular flexibility index (Phi) is 4.57. The van der Waals surface area contributed by atoms with Crippen LogP contribution in [0.25, 0.3) is 0 Å². The average molecular weight is 386 g/mol. The minimum Gasteiger partial charge on any atom is -0.462 e. The largest absolute Gasteiger partial charge is 0.462 e. The number of carbonyl (C=O) groups excluding carboxylic acids is 2. The maximum atomic E-state index is 11.6. The molecule has 2 fully saturated rings. The van der Waals surface area contributed by atoms with Gasteiger partial charge in [-0.3, -0.25) is 9.59 Å². The van der Waals surface area contributed by atoms with Crippen molar-refractivity contribution < 1.29 is 24.2 Å². The summed E-state index contributed by atoms with van der Waals surface area (Å²) in [6, 6.07) is 5.82. The first-order valence-electron chi connectivity index (χ1n) is 10.3. The van der Waals surface area contributed by atoms with E-state index in [1.807, 2.05) is 25.1 Å². The van der Waals surface area contributed by atoms with Gasteiger partial charge in [0.1, 0.15) is 11.9 Å². The number of rotatable bonds is 2. The van der Waals surface area contributed by atoms with E-state index in [-0.39, 0.29) is 29.4 Å². The molecule has 1 aromatic rings. The van der Waals surface area contributed by atoms with Gasteiger partial charge in [0.05, 0.1) is 5.60 Å². The molecule has 5 nitrogen and oxygen atoms in total. The van der Waals surface area contributed by atoms with Crippen molar-refractivity contribution in [1.29, 1.82) is 0 Å². The summed E-state index contributed by atoms with van der Waals surface area (Å²) in [7, 11) is 0. The highest BCUT2D eigenvalue weighted by Crippen LogP contribution is 2.64. The van der Waals surface area contributed by atoms with Gasteiger partial charge in [-0.2, -0.15) is 0 Å². The molecule has 0 aliphatic heterocycles. The molecule has 0 spiro atoms. The number of carbonyl (C=O) groups is 2. The van der Waals surface area contributed by atoms with Gasteiger partial charge in [0.15, 0.2) is 0 Å². The van der Waals surface area contributed by atoms with E-state index < -0.39 is 5.60 Å². The molecule has 0 unspecified atom stereocenters. The van der Waals surface area contributed by atoms with Crippen molar-refractivity contribution in [3.63, 3.8) is 0 Å². The minimum absolute atomic E-state index is 0.0526. The van der Waals surface area contributed by atoms with Crippen molar-refractivity contribution in [1.82, 2.24) is 0 Å². The fourth-order valence-electron chi connectivity index (χ4n) is 6.73. The van der Waals surface area contributed by atoms with E-state index in [2.05, 4.69) is 6.92 Å². The average Bonchev–Trinajstić information content (AvgIpc) is 2.88. The Hall–Kier alpha value is -1.88. The van der Waals surface area contributed by atoms with E-state index in [1.54, 1.807) is 0 Å². The lowest BCUT2D eigenvalue weighted by molar-refractivity contribution is -0.166. The molecule has 5 heteroatoms. The molecule has 0 radical (unpaired) electrons. The van der Waals surface area contributed by atoms with Crippen LogP contribution in [0.1, 0.15) is 70.4 Å². The van der Waals surface area contributed by atoms with Crippen LogP contribution < -0.4 is 4.74 Å². The zero-order chi connectivity index (χ0) is 20.3. The van der Waals surface area contributed by atoms with E-state index in [0.29, 0.717) is 24.0 Å². The van der Waals surface area contributed by atoms with Crippen LogP contribution in [0, 0.1) is 17.3 Å². The number of benzene rings is 1. The van der Waals surface area contributed by atoms with Crippen LogP contribution in [0.5, 0.6) is 5.75 Å². The van der Waals surface area contributed by atoms with E-state index in [0.717, 1.165) is 25.7 Å². The summed E-state index contributed by atoms with van der Waals surface area (Å²) in [5, 5.41) is 11.6. The predicted octanol–water partition coefficient (Wildman–Crippen LogP) is 3.76. The van der Waals surface area contributed by atoms with Gasteiger partial charge in [-0.1, -0.05) is 13.0 Å². The maximum absolute atomic E-state index is 11.6. The van der Waals surface area contributed by atoms with Crippen LogP contribution in [0.4, 0.5) is 0 Å². The van der Waals surface area contributed by atoms with Crippen LogP contribution >= 0.6 is 0 Å². The number of hydrogen-bond acceptors (Lipinski definition) is 5. The van der Waals surface area contributed by atoms with Gasteiger partial charge < -0.3 is 14.6 Å². The van der Waals surface area contributed by atoms with E-state index in [4.69, 9.17) is 9.47 Å². The van der Waals surface area contributed by atoms with Crippen LogP contribution in [-0.2, 0) is 20.7 Å². The Morgan fingerprint density at radius 1 is 1.11 bits per heavy atom. The van der Waals surface area contributed by atoms with Crippen LogP contribution in [0.3, 0.4) is 0 Å². The first-order chi connectivity index (χ1) is 13.1. The topological polar surface area (TPSA) is 72.8 Å². The fourth-order valence-corrected chi connectivity index (χ4v) is 6.73. The lowest BCUT2D eigenvalue weighted by Crippen LogP contribution is -2.55. The summed E-state index contributed by atoms with van der Waals surface area (Å²) < 4.78 is 10.9. The fraction of sp³-hybridized carbons (Fsp3) is 0.652. The molecule has 0 aromatic heterocycles. The zero-order valence-electron chi connectivity index (χ0n) is 17.2. The highest BCUT2D eigenvalue weighted by molar-refractivity contribution is 5.69. The standard InChI is InChI=1S/C23H30O5/c1-13(24)27-16-6-8-17-15(11-16)5-7-18-19-9-10-20(28-14(2)25)22(19,3)12-23(4,26)21(17)18/h6,8,11,18-21,26H,5,7,9-10,12H2,1-4H3/t18-,19-,20+,21-,22+,23-/m0/s1. The number of fused-ring (bicyclic) bond motifs is 5. The highest BCUT2D eigenvalue weighted by atomic mass is 16.5. The Labute approximate surface area is 166 Å². The van der Waals surface area contributed by atoms with E-state index in [1.165, 1.54) is 25.0 Å². The molecule has 3 aliphatic rings. The molecule has 152 valence electrons. The molecule has 4 rings (SSSR count). The van der Waals surface area contributed by atoms with Gasteiger partial charge in [-0.25, -0.2) is 0 Å². The monoisotopic (exact) mass is 386 g/mol. The second-order valence-electron chi connectivity index (χ2n) is 9.46. The van der Waals surface area contributed by atoms with Gasteiger partial charge in [-0.05, 0) is 74.1 Å². The van der Waals surface area contributed by atoms with E-state index >= 15 is 0 Å². The molecule has 6 atom stereocenters. The second kappa shape index (κ2) is 6.58. The molecular weight excluding hydrogens is 356 g/mol. The van der Waals surface area contributed by atoms with Gasteiger partial charge >= 0.3 is 11.9 Å². The maximum Gasteiger partial charge on any atom is 0.308 e. The van der Waals surface area contributed by atoms with Crippen molar-refractivity contribution in [3.8, 4) is 5.75 Å².